The van der Waals surface area contributed by atoms with Crippen LogP contribution in [0.4, 0.5) is 4.39 Å². The standard InChI is InChI=1S/C19H18ClFN2O/c1-19(2,15-11-22-17-8-7-13(20)9-14(15)17)18(24)23-10-12-5-3-4-6-16(12)21/h3-9,11,22H,10H2,1-2H3,(H,23,24). The minimum Gasteiger partial charge on any atom is -0.361 e. The summed E-state index contributed by atoms with van der Waals surface area (Å²) in [6.45, 7) is 3.83. The van der Waals surface area contributed by atoms with E-state index in [-0.39, 0.29) is 18.3 Å². The summed E-state index contributed by atoms with van der Waals surface area (Å²) in [5.41, 5.74) is 1.45. The first kappa shape index (κ1) is 16.5. The van der Waals surface area contributed by atoms with Crippen molar-refractivity contribution in [3.8, 4) is 0 Å². The van der Waals surface area contributed by atoms with E-state index >= 15 is 0 Å². The quantitative estimate of drug-likeness (QED) is 0.716. The predicted molar refractivity (Wildman–Crippen MR) is 94.6 cm³/mol. The van der Waals surface area contributed by atoms with Gasteiger partial charge in [0, 0.05) is 34.2 Å². The van der Waals surface area contributed by atoms with Crippen molar-refractivity contribution in [3.05, 3.63) is 70.6 Å². The third-order valence-corrected chi connectivity index (χ3v) is 4.52. The largest absolute Gasteiger partial charge is 0.361 e. The molecule has 24 heavy (non-hydrogen) atoms. The van der Waals surface area contributed by atoms with Gasteiger partial charge in [-0.1, -0.05) is 29.8 Å². The molecule has 0 atom stereocenters. The van der Waals surface area contributed by atoms with Crippen LogP contribution in [0.15, 0.2) is 48.7 Å². The molecule has 0 aliphatic carbocycles. The molecule has 5 heteroatoms. The van der Waals surface area contributed by atoms with Gasteiger partial charge in [0.2, 0.25) is 5.91 Å². The molecule has 0 fully saturated rings. The first-order valence-electron chi connectivity index (χ1n) is 7.68. The molecule has 1 aromatic heterocycles. The molecule has 1 amide bonds. The number of benzene rings is 2. The van der Waals surface area contributed by atoms with Crippen LogP contribution in [0.5, 0.6) is 0 Å². The smallest absolute Gasteiger partial charge is 0.230 e. The first-order chi connectivity index (χ1) is 11.4. The summed E-state index contributed by atoms with van der Waals surface area (Å²) in [7, 11) is 0. The van der Waals surface area contributed by atoms with Crippen LogP contribution < -0.4 is 5.32 Å². The molecule has 3 rings (SSSR count). The van der Waals surface area contributed by atoms with Crippen molar-refractivity contribution in [1.82, 2.24) is 10.3 Å². The van der Waals surface area contributed by atoms with Crippen molar-refractivity contribution in [2.24, 2.45) is 0 Å². The Morgan fingerprint density at radius 3 is 2.75 bits per heavy atom. The van der Waals surface area contributed by atoms with E-state index in [0.29, 0.717) is 10.6 Å². The van der Waals surface area contributed by atoms with E-state index in [4.69, 9.17) is 11.6 Å². The number of fused-ring (bicyclic) bond motifs is 1. The lowest BCUT2D eigenvalue weighted by Crippen LogP contribution is -2.39. The van der Waals surface area contributed by atoms with E-state index in [0.717, 1.165) is 16.5 Å². The second-order valence-corrected chi connectivity index (χ2v) is 6.73. The molecule has 3 nitrogen and oxygen atoms in total. The number of aromatic amines is 1. The summed E-state index contributed by atoms with van der Waals surface area (Å²) >= 11 is 6.08. The molecule has 2 N–H and O–H groups in total. The van der Waals surface area contributed by atoms with Gasteiger partial charge in [0.1, 0.15) is 5.82 Å². The average molecular weight is 345 g/mol. The van der Waals surface area contributed by atoms with Crippen molar-refractivity contribution in [2.75, 3.05) is 0 Å². The van der Waals surface area contributed by atoms with Gasteiger partial charge in [-0.2, -0.15) is 0 Å². The van der Waals surface area contributed by atoms with Crippen LogP contribution >= 0.6 is 11.6 Å². The van der Waals surface area contributed by atoms with E-state index in [2.05, 4.69) is 10.3 Å². The van der Waals surface area contributed by atoms with Crippen LogP contribution in [0, 0.1) is 5.82 Å². The van der Waals surface area contributed by atoms with Crippen LogP contribution in [0.25, 0.3) is 10.9 Å². The van der Waals surface area contributed by atoms with Gasteiger partial charge in [-0.3, -0.25) is 4.79 Å². The SMILES string of the molecule is CC(C)(C(=O)NCc1ccccc1F)c1c[nH]c2ccc(Cl)cc12. The molecule has 0 aliphatic rings. The Balaban J connectivity index is 1.84. The molecule has 1 heterocycles. The Bertz CT molecular complexity index is 901. The fourth-order valence-electron chi connectivity index (χ4n) is 2.77. The lowest BCUT2D eigenvalue weighted by Gasteiger charge is -2.23. The second kappa shape index (κ2) is 6.29. The molecule has 0 saturated carbocycles. The molecular formula is C19H18ClFN2O. The van der Waals surface area contributed by atoms with Crippen molar-refractivity contribution < 1.29 is 9.18 Å². The number of hydrogen-bond acceptors (Lipinski definition) is 1. The van der Waals surface area contributed by atoms with Gasteiger partial charge in [0.15, 0.2) is 0 Å². The third-order valence-electron chi connectivity index (χ3n) is 4.28. The molecule has 0 radical (unpaired) electrons. The van der Waals surface area contributed by atoms with E-state index in [1.54, 1.807) is 24.3 Å². The van der Waals surface area contributed by atoms with Crippen molar-refractivity contribution in [1.29, 1.82) is 0 Å². The highest BCUT2D eigenvalue weighted by Crippen LogP contribution is 2.32. The second-order valence-electron chi connectivity index (χ2n) is 6.29. The normalized spacial score (nSPS) is 11.7. The summed E-state index contributed by atoms with van der Waals surface area (Å²) in [6, 6.07) is 11.9. The molecule has 2 aromatic carbocycles. The number of hydrogen-bond donors (Lipinski definition) is 2. The third kappa shape index (κ3) is 3.02. The molecule has 0 unspecified atom stereocenters. The van der Waals surface area contributed by atoms with Crippen molar-refractivity contribution >= 4 is 28.4 Å². The number of aromatic nitrogens is 1. The van der Waals surface area contributed by atoms with Crippen molar-refractivity contribution in [2.45, 2.75) is 25.8 Å². The van der Waals surface area contributed by atoms with E-state index in [1.807, 2.05) is 32.2 Å². The van der Waals surface area contributed by atoms with Crippen LogP contribution in [-0.4, -0.2) is 10.9 Å². The number of amides is 1. The lowest BCUT2D eigenvalue weighted by atomic mass is 9.83. The summed E-state index contributed by atoms with van der Waals surface area (Å²) in [5, 5.41) is 4.35. The average Bonchev–Trinajstić information content (AvgIpc) is 2.97. The maximum Gasteiger partial charge on any atom is 0.230 e. The number of rotatable bonds is 4. The molecule has 0 aliphatic heterocycles. The molecule has 0 bridgehead atoms. The van der Waals surface area contributed by atoms with Crippen molar-refractivity contribution in [3.63, 3.8) is 0 Å². The fourth-order valence-corrected chi connectivity index (χ4v) is 2.94. The predicted octanol–water partition coefficient (Wildman–Crippen LogP) is 4.55. The summed E-state index contributed by atoms with van der Waals surface area (Å²) in [5.74, 6) is -0.499. The Kier molecular flexibility index (Phi) is 4.33. The number of H-pyrrole nitrogens is 1. The number of carbonyl (C=O) groups is 1. The Morgan fingerprint density at radius 1 is 1.25 bits per heavy atom. The van der Waals surface area contributed by atoms with Crippen LogP contribution in [0.2, 0.25) is 5.02 Å². The molecule has 0 saturated heterocycles. The van der Waals surface area contributed by atoms with Gasteiger partial charge in [-0.15, -0.1) is 0 Å². The van der Waals surface area contributed by atoms with Crippen LogP contribution in [-0.2, 0) is 16.8 Å². The Labute approximate surface area is 144 Å². The highest BCUT2D eigenvalue weighted by molar-refractivity contribution is 6.31. The molecule has 124 valence electrons. The highest BCUT2D eigenvalue weighted by atomic mass is 35.5. The van der Waals surface area contributed by atoms with Gasteiger partial charge in [-0.05, 0) is 43.7 Å². The van der Waals surface area contributed by atoms with E-state index in [1.165, 1.54) is 6.07 Å². The zero-order valence-corrected chi connectivity index (χ0v) is 14.2. The molecular weight excluding hydrogens is 327 g/mol. The van der Waals surface area contributed by atoms with E-state index < -0.39 is 5.41 Å². The van der Waals surface area contributed by atoms with Gasteiger partial charge in [-0.25, -0.2) is 4.39 Å². The minimum atomic E-state index is -0.784. The Morgan fingerprint density at radius 2 is 2.00 bits per heavy atom. The number of nitrogens with one attached hydrogen (secondary N) is 2. The summed E-state index contributed by atoms with van der Waals surface area (Å²) in [6.07, 6.45) is 1.82. The maximum atomic E-state index is 13.7. The van der Waals surface area contributed by atoms with Crippen LogP contribution in [0.3, 0.4) is 0 Å². The maximum absolute atomic E-state index is 13.7. The lowest BCUT2D eigenvalue weighted by molar-refractivity contribution is -0.125. The summed E-state index contributed by atoms with van der Waals surface area (Å²) in [4.78, 5) is 15.9. The number of carbonyl (C=O) groups excluding carboxylic acids is 1. The zero-order chi connectivity index (χ0) is 17.3. The van der Waals surface area contributed by atoms with E-state index in [9.17, 15) is 9.18 Å². The highest BCUT2D eigenvalue weighted by Gasteiger charge is 2.32. The number of halogens is 2. The van der Waals surface area contributed by atoms with Crippen LogP contribution in [0.1, 0.15) is 25.0 Å². The van der Waals surface area contributed by atoms with Gasteiger partial charge < -0.3 is 10.3 Å². The Hall–Kier alpha value is -2.33. The molecule has 0 spiro atoms. The zero-order valence-electron chi connectivity index (χ0n) is 13.5. The first-order valence-corrected chi connectivity index (χ1v) is 8.06. The van der Waals surface area contributed by atoms with Gasteiger partial charge in [0.05, 0.1) is 5.41 Å². The topological polar surface area (TPSA) is 44.9 Å². The fraction of sp³-hybridized carbons (Fsp3) is 0.211. The monoisotopic (exact) mass is 344 g/mol. The van der Waals surface area contributed by atoms with Gasteiger partial charge >= 0.3 is 0 Å². The van der Waals surface area contributed by atoms with Gasteiger partial charge in [0.25, 0.3) is 0 Å². The summed E-state index contributed by atoms with van der Waals surface area (Å²) < 4.78 is 13.7. The molecule has 3 aromatic rings. The minimum absolute atomic E-state index is 0.151.